The van der Waals surface area contributed by atoms with Gasteiger partial charge in [-0.2, -0.15) is 0 Å². The van der Waals surface area contributed by atoms with Crippen molar-refractivity contribution in [1.82, 2.24) is 0 Å². The Balaban J connectivity index is 2.83. The molecule has 1 N–H and O–H groups in total. The summed E-state index contributed by atoms with van der Waals surface area (Å²) in [5.41, 5.74) is 0.0822. The van der Waals surface area contributed by atoms with Crippen molar-refractivity contribution in [3.8, 4) is 0 Å². The van der Waals surface area contributed by atoms with E-state index in [2.05, 4.69) is 15.9 Å². The van der Waals surface area contributed by atoms with Gasteiger partial charge in [0.2, 0.25) is 5.75 Å². The fraction of sp³-hybridized carbons (Fsp3) is 0.273. The van der Waals surface area contributed by atoms with Crippen molar-refractivity contribution < 1.29 is 24.0 Å². The van der Waals surface area contributed by atoms with E-state index in [-0.39, 0.29) is 17.9 Å². The zero-order valence-corrected chi connectivity index (χ0v) is 11.9. The van der Waals surface area contributed by atoms with Crippen LogP contribution in [0.5, 0.6) is 0 Å². The zero-order chi connectivity index (χ0) is 13.7. The van der Waals surface area contributed by atoms with E-state index in [0.29, 0.717) is 9.37 Å². The third-order valence-electron chi connectivity index (χ3n) is 1.98. The largest absolute Gasteiger partial charge is 0.611 e. The predicted octanol–water partition coefficient (Wildman–Crippen LogP) is 1.82. The van der Waals surface area contributed by atoms with Gasteiger partial charge in [0.05, 0.1) is 16.6 Å². The minimum atomic E-state index is -1.56. The van der Waals surface area contributed by atoms with Gasteiger partial charge in [-0.3, -0.25) is 0 Å². The summed E-state index contributed by atoms with van der Waals surface area (Å²) in [6.45, 7) is 1.90. The van der Waals surface area contributed by atoms with Gasteiger partial charge in [-0.25, -0.2) is 9.59 Å². The highest BCUT2D eigenvalue weighted by molar-refractivity contribution is 9.10. The number of carboxylic acid groups (broad SMARTS) is 1. The predicted molar refractivity (Wildman–Crippen MR) is 69.0 cm³/mol. The van der Waals surface area contributed by atoms with Gasteiger partial charge in [0, 0.05) is 0 Å². The Kier molecular flexibility index (Phi) is 5.64. The standard InChI is InChI=1S/C11H11BrO5S/c1-2-17-10(13)6-18(16)9-4-3-7(11(14)15)5-8(9)12/h3-5H,2,6H2,1H3,(H,14,15). The molecule has 98 valence electrons. The van der Waals surface area contributed by atoms with Gasteiger partial charge in [0.25, 0.3) is 0 Å². The maximum absolute atomic E-state index is 11.9. The lowest BCUT2D eigenvalue weighted by Gasteiger charge is -2.11. The van der Waals surface area contributed by atoms with Crippen LogP contribution in [0, 0.1) is 0 Å². The molecular weight excluding hydrogens is 324 g/mol. The van der Waals surface area contributed by atoms with E-state index >= 15 is 0 Å². The summed E-state index contributed by atoms with van der Waals surface area (Å²) in [6, 6.07) is 4.11. The number of benzene rings is 1. The molecular formula is C11H11BrO5S. The lowest BCUT2D eigenvalue weighted by Crippen LogP contribution is -2.19. The maximum atomic E-state index is 11.9. The smallest absolute Gasteiger partial charge is 0.356 e. The number of hydrogen-bond donors (Lipinski definition) is 1. The second-order valence-corrected chi connectivity index (χ2v) is 5.52. The van der Waals surface area contributed by atoms with Crippen LogP contribution in [0.15, 0.2) is 27.6 Å². The first-order valence-electron chi connectivity index (χ1n) is 5.02. The van der Waals surface area contributed by atoms with Crippen molar-refractivity contribution in [2.45, 2.75) is 11.8 Å². The van der Waals surface area contributed by atoms with Crippen molar-refractivity contribution in [1.29, 1.82) is 0 Å². The van der Waals surface area contributed by atoms with E-state index in [9.17, 15) is 14.1 Å². The number of ether oxygens (including phenoxy) is 1. The van der Waals surface area contributed by atoms with Crippen molar-refractivity contribution in [3.05, 3.63) is 28.2 Å². The van der Waals surface area contributed by atoms with Crippen molar-refractivity contribution >= 4 is 39.0 Å². The minimum absolute atomic E-state index is 0.0822. The molecule has 0 aromatic heterocycles. The number of carbonyl (C=O) groups is 2. The lowest BCUT2D eigenvalue weighted by molar-refractivity contribution is -0.139. The lowest BCUT2D eigenvalue weighted by atomic mass is 10.2. The SMILES string of the molecule is CCOC(=O)C[S+]([O-])c1ccc(C(=O)O)cc1Br. The molecule has 7 heteroatoms. The van der Waals surface area contributed by atoms with E-state index in [1.54, 1.807) is 6.92 Å². The van der Waals surface area contributed by atoms with E-state index in [0.717, 1.165) is 0 Å². The summed E-state index contributed by atoms with van der Waals surface area (Å²) < 4.78 is 17.0. The second-order valence-electron chi connectivity index (χ2n) is 3.25. The van der Waals surface area contributed by atoms with Gasteiger partial charge in [0.15, 0.2) is 4.90 Å². The highest BCUT2D eigenvalue weighted by atomic mass is 79.9. The van der Waals surface area contributed by atoms with Crippen molar-refractivity contribution in [2.75, 3.05) is 12.4 Å². The van der Waals surface area contributed by atoms with Crippen LogP contribution in [0.25, 0.3) is 0 Å². The molecule has 1 rings (SSSR count). The van der Waals surface area contributed by atoms with Gasteiger partial charge >= 0.3 is 11.9 Å². The third kappa shape index (κ3) is 4.01. The Bertz CT molecular complexity index is 463. The van der Waals surface area contributed by atoms with Gasteiger partial charge in [-0.05, 0) is 52.2 Å². The van der Waals surface area contributed by atoms with E-state index in [1.165, 1.54) is 18.2 Å². The van der Waals surface area contributed by atoms with Gasteiger partial charge in [-0.15, -0.1) is 0 Å². The van der Waals surface area contributed by atoms with Crippen LogP contribution in [0.1, 0.15) is 17.3 Å². The molecule has 0 aliphatic rings. The van der Waals surface area contributed by atoms with Gasteiger partial charge < -0.3 is 14.4 Å². The van der Waals surface area contributed by atoms with E-state index in [4.69, 9.17) is 9.84 Å². The third-order valence-corrected chi connectivity index (χ3v) is 4.24. The number of rotatable bonds is 5. The average molecular weight is 335 g/mol. The van der Waals surface area contributed by atoms with Crippen LogP contribution in [0.4, 0.5) is 0 Å². The second kappa shape index (κ2) is 6.77. The highest BCUT2D eigenvalue weighted by Crippen LogP contribution is 2.24. The Morgan fingerprint density at radius 2 is 2.17 bits per heavy atom. The molecule has 0 aliphatic carbocycles. The fourth-order valence-electron chi connectivity index (χ4n) is 1.21. The van der Waals surface area contributed by atoms with E-state index in [1.807, 2.05) is 0 Å². The molecule has 1 aromatic rings. The normalized spacial score (nSPS) is 11.9. The number of halogens is 1. The Morgan fingerprint density at radius 3 is 2.67 bits per heavy atom. The van der Waals surface area contributed by atoms with Crippen molar-refractivity contribution in [2.24, 2.45) is 0 Å². The molecule has 5 nitrogen and oxygen atoms in total. The Labute approximate surface area is 115 Å². The Morgan fingerprint density at radius 1 is 1.50 bits per heavy atom. The summed E-state index contributed by atoms with van der Waals surface area (Å²) in [5, 5.41) is 8.78. The molecule has 0 spiro atoms. The molecule has 0 fully saturated rings. The number of carboxylic acids is 1. The first-order chi connectivity index (χ1) is 8.45. The van der Waals surface area contributed by atoms with Crippen molar-refractivity contribution in [3.63, 3.8) is 0 Å². The van der Waals surface area contributed by atoms with E-state index < -0.39 is 23.1 Å². The van der Waals surface area contributed by atoms with Crippen LogP contribution < -0.4 is 0 Å². The maximum Gasteiger partial charge on any atom is 0.356 e. The molecule has 0 bridgehead atoms. The molecule has 0 saturated carbocycles. The summed E-state index contributed by atoms with van der Waals surface area (Å²) in [7, 11) is 0. The molecule has 1 unspecified atom stereocenters. The fourth-order valence-corrected chi connectivity index (χ4v) is 3.08. The molecule has 1 atom stereocenters. The number of carbonyl (C=O) groups excluding carboxylic acids is 1. The molecule has 0 aliphatic heterocycles. The van der Waals surface area contributed by atoms with Crippen LogP contribution in [0.3, 0.4) is 0 Å². The summed E-state index contributed by atoms with van der Waals surface area (Å²) in [4.78, 5) is 22.3. The molecule has 1 aromatic carbocycles. The Hall–Kier alpha value is -1.05. The minimum Gasteiger partial charge on any atom is -0.611 e. The van der Waals surface area contributed by atoms with Crippen LogP contribution in [-0.2, 0) is 20.7 Å². The monoisotopic (exact) mass is 334 g/mol. The number of hydrogen-bond acceptors (Lipinski definition) is 4. The summed E-state index contributed by atoms with van der Waals surface area (Å²) in [6.07, 6.45) is 0. The van der Waals surface area contributed by atoms with Crippen LogP contribution >= 0.6 is 15.9 Å². The molecule has 18 heavy (non-hydrogen) atoms. The first kappa shape index (κ1) is 15.0. The van der Waals surface area contributed by atoms with Crippen LogP contribution in [0.2, 0.25) is 0 Å². The van der Waals surface area contributed by atoms with Crippen LogP contribution in [-0.4, -0.2) is 34.0 Å². The number of esters is 1. The quantitative estimate of drug-likeness (QED) is 0.655. The summed E-state index contributed by atoms with van der Waals surface area (Å²) in [5.74, 6) is -1.87. The highest BCUT2D eigenvalue weighted by Gasteiger charge is 2.21. The topological polar surface area (TPSA) is 86.7 Å². The van der Waals surface area contributed by atoms with Gasteiger partial charge in [-0.1, -0.05) is 0 Å². The first-order valence-corrected chi connectivity index (χ1v) is 7.13. The molecule has 0 amide bonds. The zero-order valence-electron chi connectivity index (χ0n) is 9.51. The van der Waals surface area contributed by atoms with Gasteiger partial charge in [0.1, 0.15) is 0 Å². The number of aromatic carboxylic acids is 1. The molecule has 0 heterocycles. The average Bonchev–Trinajstić information content (AvgIpc) is 2.28. The molecule has 0 radical (unpaired) electrons. The molecule has 0 saturated heterocycles. The summed E-state index contributed by atoms with van der Waals surface area (Å²) >= 11 is 1.57.